The highest BCUT2D eigenvalue weighted by Crippen LogP contribution is 2.27. The number of nitrogens with one attached hydrogen (secondary N) is 1. The van der Waals surface area contributed by atoms with Crippen molar-refractivity contribution in [1.29, 1.82) is 0 Å². The molecule has 0 aliphatic rings. The Hall–Kier alpha value is -2.96. The molecule has 1 N–H and O–H groups in total. The van der Waals surface area contributed by atoms with Gasteiger partial charge < -0.3 is 24.1 Å². The van der Waals surface area contributed by atoms with Gasteiger partial charge in [-0.3, -0.25) is 9.59 Å². The third-order valence-electron chi connectivity index (χ3n) is 3.94. The Morgan fingerprint density at radius 2 is 1.89 bits per heavy atom. The van der Waals surface area contributed by atoms with Gasteiger partial charge in [0.05, 0.1) is 20.8 Å². The van der Waals surface area contributed by atoms with E-state index in [4.69, 9.17) is 14.2 Å². The van der Waals surface area contributed by atoms with E-state index in [0.29, 0.717) is 31.1 Å². The molecule has 0 unspecified atom stereocenters. The Morgan fingerprint density at radius 1 is 1.11 bits per heavy atom. The van der Waals surface area contributed by atoms with E-state index in [0.717, 1.165) is 12.0 Å². The molecule has 2 rings (SSSR count). The van der Waals surface area contributed by atoms with Crippen molar-refractivity contribution in [1.82, 2.24) is 9.88 Å². The van der Waals surface area contributed by atoms with E-state index in [-0.39, 0.29) is 23.8 Å². The van der Waals surface area contributed by atoms with Gasteiger partial charge in [-0.15, -0.1) is 0 Å². The fraction of sp³-hybridized carbons (Fsp3) is 0.400. The molecule has 0 aliphatic heterocycles. The zero-order valence-corrected chi connectivity index (χ0v) is 16.0. The molecule has 146 valence electrons. The van der Waals surface area contributed by atoms with Gasteiger partial charge in [0, 0.05) is 12.7 Å². The number of nitrogens with zero attached hydrogens (tertiary/aromatic N) is 1. The van der Waals surface area contributed by atoms with Gasteiger partial charge in [0.25, 0.3) is 5.56 Å². The molecule has 1 heterocycles. The first kappa shape index (κ1) is 20.4. The molecule has 0 aliphatic carbocycles. The fourth-order valence-corrected chi connectivity index (χ4v) is 2.55. The van der Waals surface area contributed by atoms with Crippen LogP contribution in [0.3, 0.4) is 0 Å². The van der Waals surface area contributed by atoms with Crippen LogP contribution in [0.15, 0.2) is 41.3 Å². The number of methoxy groups -OCH3 is 2. The van der Waals surface area contributed by atoms with Crippen molar-refractivity contribution in [3.8, 4) is 17.2 Å². The number of carbonyl (C=O) groups is 1. The van der Waals surface area contributed by atoms with Gasteiger partial charge in [-0.1, -0.05) is 13.0 Å². The molecule has 0 radical (unpaired) electrons. The standard InChI is InChI=1S/C20H26N2O5/c1-4-12-27-17-6-5-11-22(20(17)24)14-19(23)21-10-9-15-7-8-16(25-2)18(13-15)26-3/h5-8,11,13H,4,9-10,12,14H2,1-3H3,(H,21,23). The second kappa shape index (κ2) is 10.3. The summed E-state index contributed by atoms with van der Waals surface area (Å²) in [6.07, 6.45) is 3.03. The lowest BCUT2D eigenvalue weighted by Gasteiger charge is -2.11. The van der Waals surface area contributed by atoms with Gasteiger partial charge in [0.2, 0.25) is 5.91 Å². The van der Waals surface area contributed by atoms with Crippen LogP contribution in [0.5, 0.6) is 17.2 Å². The summed E-state index contributed by atoms with van der Waals surface area (Å²) in [4.78, 5) is 24.4. The SMILES string of the molecule is CCCOc1cccn(CC(=O)NCCc2ccc(OC)c(OC)c2)c1=O. The minimum Gasteiger partial charge on any atom is -0.493 e. The van der Waals surface area contributed by atoms with E-state index in [1.165, 1.54) is 4.57 Å². The summed E-state index contributed by atoms with van der Waals surface area (Å²) in [6.45, 7) is 2.84. The van der Waals surface area contributed by atoms with Gasteiger partial charge >= 0.3 is 0 Å². The number of carbonyl (C=O) groups excluding carboxylic acids is 1. The number of hydrogen-bond donors (Lipinski definition) is 1. The van der Waals surface area contributed by atoms with E-state index in [2.05, 4.69) is 5.32 Å². The summed E-state index contributed by atoms with van der Waals surface area (Å²) in [7, 11) is 3.17. The lowest BCUT2D eigenvalue weighted by Crippen LogP contribution is -2.33. The van der Waals surface area contributed by atoms with Crippen molar-refractivity contribution in [2.45, 2.75) is 26.3 Å². The highest BCUT2D eigenvalue weighted by atomic mass is 16.5. The monoisotopic (exact) mass is 374 g/mol. The number of hydrogen-bond acceptors (Lipinski definition) is 5. The topological polar surface area (TPSA) is 78.8 Å². The first-order valence-electron chi connectivity index (χ1n) is 8.88. The van der Waals surface area contributed by atoms with Crippen molar-refractivity contribution in [2.75, 3.05) is 27.4 Å². The van der Waals surface area contributed by atoms with Crippen molar-refractivity contribution >= 4 is 5.91 Å². The van der Waals surface area contributed by atoms with Crippen molar-refractivity contribution in [2.24, 2.45) is 0 Å². The lowest BCUT2D eigenvalue weighted by atomic mass is 10.1. The first-order valence-corrected chi connectivity index (χ1v) is 8.88. The van der Waals surface area contributed by atoms with E-state index in [9.17, 15) is 9.59 Å². The summed E-state index contributed by atoms with van der Waals surface area (Å²) in [6, 6.07) is 8.95. The summed E-state index contributed by atoms with van der Waals surface area (Å²) in [5.41, 5.74) is 0.709. The highest BCUT2D eigenvalue weighted by molar-refractivity contribution is 5.75. The Bertz CT molecular complexity index is 816. The van der Waals surface area contributed by atoms with Gasteiger partial charge in [-0.25, -0.2) is 0 Å². The first-order chi connectivity index (χ1) is 13.1. The molecule has 0 fully saturated rings. The van der Waals surface area contributed by atoms with Gasteiger partial charge in [0.1, 0.15) is 6.54 Å². The maximum atomic E-state index is 12.3. The number of pyridine rings is 1. The molecule has 2 aromatic rings. The fourth-order valence-electron chi connectivity index (χ4n) is 2.55. The number of benzene rings is 1. The molecular weight excluding hydrogens is 348 g/mol. The van der Waals surface area contributed by atoms with Gasteiger partial charge in [-0.05, 0) is 42.7 Å². The highest BCUT2D eigenvalue weighted by Gasteiger charge is 2.09. The molecule has 7 heteroatoms. The van der Waals surface area contributed by atoms with Crippen LogP contribution < -0.4 is 25.1 Å². The minimum absolute atomic E-state index is 0.0475. The second-order valence-electron chi connectivity index (χ2n) is 5.94. The molecule has 1 aromatic heterocycles. The largest absolute Gasteiger partial charge is 0.493 e. The summed E-state index contributed by atoms with van der Waals surface area (Å²) >= 11 is 0. The van der Waals surface area contributed by atoms with Crippen LogP contribution in [0.2, 0.25) is 0 Å². The third-order valence-corrected chi connectivity index (χ3v) is 3.94. The van der Waals surface area contributed by atoms with Gasteiger partial charge in [-0.2, -0.15) is 0 Å². The Labute approximate surface area is 158 Å². The summed E-state index contributed by atoms with van der Waals surface area (Å²) in [5, 5.41) is 2.82. The zero-order chi connectivity index (χ0) is 19.6. The van der Waals surface area contributed by atoms with E-state index in [1.54, 1.807) is 32.5 Å². The van der Waals surface area contributed by atoms with Crippen LogP contribution in [0.25, 0.3) is 0 Å². The zero-order valence-electron chi connectivity index (χ0n) is 16.0. The van der Waals surface area contributed by atoms with Crippen LogP contribution >= 0.6 is 0 Å². The third kappa shape index (κ3) is 5.77. The summed E-state index contributed by atoms with van der Waals surface area (Å²) in [5.74, 6) is 1.34. The number of ether oxygens (including phenoxy) is 3. The van der Waals surface area contributed by atoms with Crippen molar-refractivity contribution in [3.63, 3.8) is 0 Å². The molecule has 0 spiro atoms. The molecule has 0 saturated heterocycles. The van der Waals surface area contributed by atoms with Crippen LogP contribution in [-0.2, 0) is 17.8 Å². The molecule has 0 saturated carbocycles. The maximum absolute atomic E-state index is 12.3. The van der Waals surface area contributed by atoms with Crippen LogP contribution in [-0.4, -0.2) is 37.8 Å². The smallest absolute Gasteiger partial charge is 0.293 e. The number of aromatic nitrogens is 1. The van der Waals surface area contributed by atoms with Crippen molar-refractivity contribution in [3.05, 3.63) is 52.4 Å². The summed E-state index contributed by atoms with van der Waals surface area (Å²) < 4.78 is 17.2. The van der Waals surface area contributed by atoms with Crippen molar-refractivity contribution < 1.29 is 19.0 Å². The normalized spacial score (nSPS) is 10.3. The molecule has 0 atom stereocenters. The van der Waals surface area contributed by atoms with Crippen LogP contribution in [0.1, 0.15) is 18.9 Å². The predicted molar refractivity (Wildman–Crippen MR) is 103 cm³/mol. The predicted octanol–water partition coefficient (Wildman–Crippen LogP) is 2.01. The Kier molecular flexibility index (Phi) is 7.73. The average Bonchev–Trinajstić information content (AvgIpc) is 2.68. The second-order valence-corrected chi connectivity index (χ2v) is 5.94. The quantitative estimate of drug-likeness (QED) is 0.688. The average molecular weight is 374 g/mol. The molecular formula is C20H26N2O5. The minimum atomic E-state index is -0.305. The molecule has 1 amide bonds. The number of rotatable bonds is 10. The van der Waals surface area contributed by atoms with E-state index < -0.39 is 0 Å². The molecule has 27 heavy (non-hydrogen) atoms. The van der Waals surface area contributed by atoms with Gasteiger partial charge in [0.15, 0.2) is 17.2 Å². The Balaban J connectivity index is 1.89. The van der Waals surface area contributed by atoms with E-state index >= 15 is 0 Å². The maximum Gasteiger partial charge on any atom is 0.293 e. The van der Waals surface area contributed by atoms with E-state index in [1.807, 2.05) is 25.1 Å². The number of amides is 1. The van der Waals surface area contributed by atoms with Crippen LogP contribution in [0.4, 0.5) is 0 Å². The lowest BCUT2D eigenvalue weighted by molar-refractivity contribution is -0.121. The van der Waals surface area contributed by atoms with Crippen LogP contribution in [0, 0.1) is 0 Å². The molecule has 0 bridgehead atoms. The molecule has 1 aromatic carbocycles. The Morgan fingerprint density at radius 3 is 2.59 bits per heavy atom. The molecule has 7 nitrogen and oxygen atoms in total.